The number of benzene rings is 1. The molecule has 1 aromatic carbocycles. The lowest BCUT2D eigenvalue weighted by molar-refractivity contribution is -0.137. The monoisotopic (exact) mass is 469 g/mol. The fourth-order valence-electron chi connectivity index (χ4n) is 6.15. The number of piperidine rings is 2. The molecule has 1 N–H and O–H groups in total. The lowest BCUT2D eigenvalue weighted by Gasteiger charge is -2.37. The predicted octanol–water partition coefficient (Wildman–Crippen LogP) is 3.32. The standard InChI is InChI=1S/C27H39N3O4/c1-29(17-18-30-15-3-2-4-16-30)25(31)20-7-11-27(12-8-20)24-6-5-22(19-23(24)26(32)34-27)33-21-9-13-28-14-10-21/h5-6,19-21,28H,2-4,7-18H2,1H3/t20-,27-. The molecule has 1 aliphatic carbocycles. The van der Waals surface area contributed by atoms with Crippen LogP contribution in [0.2, 0.25) is 0 Å². The van der Waals surface area contributed by atoms with Crippen LogP contribution in [0.15, 0.2) is 18.2 Å². The Hall–Kier alpha value is -2.12. The molecule has 34 heavy (non-hydrogen) atoms. The van der Waals surface area contributed by atoms with Crippen molar-refractivity contribution in [3.8, 4) is 5.75 Å². The van der Waals surface area contributed by atoms with E-state index in [1.54, 1.807) is 0 Å². The van der Waals surface area contributed by atoms with E-state index >= 15 is 0 Å². The Bertz CT molecular complexity index is 884. The maximum absolute atomic E-state index is 13.1. The van der Waals surface area contributed by atoms with Crippen LogP contribution in [0, 0.1) is 5.92 Å². The van der Waals surface area contributed by atoms with Gasteiger partial charge in [-0.2, -0.15) is 0 Å². The number of ether oxygens (including phenoxy) is 2. The van der Waals surface area contributed by atoms with Crippen LogP contribution >= 0.6 is 0 Å². The first-order valence-electron chi connectivity index (χ1n) is 13.3. The van der Waals surface area contributed by atoms with E-state index < -0.39 is 5.60 Å². The first kappa shape index (κ1) is 23.6. The van der Waals surface area contributed by atoms with Gasteiger partial charge in [0.05, 0.1) is 5.56 Å². The summed E-state index contributed by atoms with van der Waals surface area (Å²) in [5.74, 6) is 0.748. The highest BCUT2D eigenvalue weighted by Gasteiger charge is 2.48. The molecule has 5 rings (SSSR count). The van der Waals surface area contributed by atoms with Crippen LogP contribution in [-0.2, 0) is 15.1 Å². The van der Waals surface area contributed by atoms with Crippen molar-refractivity contribution in [3.63, 3.8) is 0 Å². The Morgan fingerprint density at radius 1 is 1.15 bits per heavy atom. The molecule has 1 aromatic rings. The van der Waals surface area contributed by atoms with Crippen molar-refractivity contribution >= 4 is 11.9 Å². The fraction of sp³-hybridized carbons (Fsp3) is 0.704. The molecule has 0 bridgehead atoms. The third-order valence-corrected chi connectivity index (χ3v) is 8.30. The van der Waals surface area contributed by atoms with E-state index in [4.69, 9.17) is 9.47 Å². The molecule has 3 heterocycles. The van der Waals surface area contributed by atoms with Gasteiger partial charge >= 0.3 is 5.97 Å². The number of amides is 1. The van der Waals surface area contributed by atoms with Crippen LogP contribution in [0.5, 0.6) is 5.75 Å². The number of nitrogens with zero attached hydrogens (tertiary/aromatic N) is 2. The highest BCUT2D eigenvalue weighted by molar-refractivity contribution is 5.95. The minimum atomic E-state index is -0.580. The molecule has 4 aliphatic rings. The van der Waals surface area contributed by atoms with E-state index in [1.165, 1.54) is 19.3 Å². The molecule has 7 heteroatoms. The summed E-state index contributed by atoms with van der Waals surface area (Å²) in [5.41, 5.74) is 1.03. The third-order valence-electron chi connectivity index (χ3n) is 8.30. The Labute approximate surface area is 203 Å². The Balaban J connectivity index is 1.17. The third kappa shape index (κ3) is 4.96. The highest BCUT2D eigenvalue weighted by Crippen LogP contribution is 2.49. The number of likely N-dealkylation sites (N-methyl/N-ethyl adjacent to an activating group) is 1. The average Bonchev–Trinajstić information content (AvgIpc) is 3.14. The van der Waals surface area contributed by atoms with E-state index in [0.717, 1.165) is 76.3 Å². The highest BCUT2D eigenvalue weighted by atomic mass is 16.6. The number of rotatable bonds is 6. The summed E-state index contributed by atoms with van der Waals surface area (Å²) in [5, 5.41) is 3.35. The first-order valence-corrected chi connectivity index (χ1v) is 13.3. The molecule has 3 fully saturated rings. The zero-order valence-corrected chi connectivity index (χ0v) is 20.5. The molecule has 1 spiro atoms. The van der Waals surface area contributed by atoms with Crippen molar-refractivity contribution in [2.24, 2.45) is 5.92 Å². The lowest BCUT2D eigenvalue weighted by atomic mass is 9.74. The number of esters is 1. The van der Waals surface area contributed by atoms with Gasteiger partial charge in [-0.05, 0) is 89.7 Å². The number of nitrogens with one attached hydrogen (secondary N) is 1. The number of carbonyl (C=O) groups excluding carboxylic acids is 2. The van der Waals surface area contributed by atoms with Crippen molar-refractivity contribution in [2.75, 3.05) is 46.3 Å². The van der Waals surface area contributed by atoms with Gasteiger partial charge in [0.1, 0.15) is 17.5 Å². The molecular formula is C27H39N3O4. The minimum Gasteiger partial charge on any atom is -0.490 e. The molecule has 0 atom stereocenters. The number of hydrogen-bond donors (Lipinski definition) is 1. The van der Waals surface area contributed by atoms with Crippen LogP contribution < -0.4 is 10.1 Å². The quantitative estimate of drug-likeness (QED) is 0.645. The summed E-state index contributed by atoms with van der Waals surface area (Å²) in [7, 11) is 1.94. The Morgan fingerprint density at radius 2 is 1.88 bits per heavy atom. The van der Waals surface area contributed by atoms with E-state index in [0.29, 0.717) is 18.4 Å². The number of hydrogen-bond acceptors (Lipinski definition) is 6. The average molecular weight is 470 g/mol. The van der Waals surface area contributed by atoms with Crippen LogP contribution in [-0.4, -0.2) is 74.1 Å². The molecule has 7 nitrogen and oxygen atoms in total. The maximum atomic E-state index is 13.1. The van der Waals surface area contributed by atoms with Gasteiger partial charge in [0.2, 0.25) is 5.91 Å². The number of fused-ring (bicyclic) bond motifs is 2. The molecule has 1 amide bonds. The largest absolute Gasteiger partial charge is 0.490 e. The van der Waals surface area contributed by atoms with Crippen LogP contribution in [0.1, 0.15) is 73.7 Å². The molecule has 2 saturated heterocycles. The first-order chi connectivity index (χ1) is 16.5. The molecule has 0 radical (unpaired) electrons. The fourth-order valence-corrected chi connectivity index (χ4v) is 6.15. The van der Waals surface area contributed by atoms with Gasteiger partial charge in [-0.25, -0.2) is 4.79 Å². The lowest BCUT2D eigenvalue weighted by Crippen LogP contribution is -2.43. The van der Waals surface area contributed by atoms with Crippen molar-refractivity contribution < 1.29 is 19.1 Å². The number of carbonyl (C=O) groups is 2. The van der Waals surface area contributed by atoms with Gasteiger partial charge in [0, 0.05) is 31.6 Å². The summed E-state index contributed by atoms with van der Waals surface area (Å²) in [6.45, 7) is 6.00. The van der Waals surface area contributed by atoms with Crippen molar-refractivity contribution in [1.82, 2.24) is 15.1 Å². The molecule has 0 aromatic heterocycles. The molecular weight excluding hydrogens is 430 g/mol. The van der Waals surface area contributed by atoms with Crippen molar-refractivity contribution in [3.05, 3.63) is 29.3 Å². The van der Waals surface area contributed by atoms with Gasteiger partial charge < -0.3 is 24.6 Å². The second kappa shape index (κ2) is 10.2. The molecule has 1 saturated carbocycles. The summed E-state index contributed by atoms with van der Waals surface area (Å²) < 4.78 is 12.1. The van der Waals surface area contributed by atoms with Gasteiger partial charge in [0.25, 0.3) is 0 Å². The summed E-state index contributed by atoms with van der Waals surface area (Å²) in [6, 6.07) is 5.86. The molecule has 3 aliphatic heterocycles. The summed E-state index contributed by atoms with van der Waals surface area (Å²) >= 11 is 0. The van der Waals surface area contributed by atoms with Crippen LogP contribution in [0.3, 0.4) is 0 Å². The zero-order chi connectivity index (χ0) is 23.5. The number of likely N-dealkylation sites (tertiary alicyclic amines) is 1. The topological polar surface area (TPSA) is 71.1 Å². The summed E-state index contributed by atoms with van der Waals surface area (Å²) in [6.07, 6.45) is 8.95. The van der Waals surface area contributed by atoms with E-state index in [2.05, 4.69) is 10.2 Å². The van der Waals surface area contributed by atoms with Crippen molar-refractivity contribution in [1.29, 1.82) is 0 Å². The van der Waals surface area contributed by atoms with E-state index in [9.17, 15) is 9.59 Å². The van der Waals surface area contributed by atoms with Crippen molar-refractivity contribution in [2.45, 2.75) is 69.5 Å². The summed E-state index contributed by atoms with van der Waals surface area (Å²) in [4.78, 5) is 30.3. The second-order valence-corrected chi connectivity index (χ2v) is 10.6. The zero-order valence-electron chi connectivity index (χ0n) is 20.5. The predicted molar refractivity (Wildman–Crippen MR) is 130 cm³/mol. The minimum absolute atomic E-state index is 0.0160. The van der Waals surface area contributed by atoms with Gasteiger partial charge in [-0.1, -0.05) is 12.5 Å². The normalized spacial score (nSPS) is 27.9. The second-order valence-electron chi connectivity index (χ2n) is 10.6. The smallest absolute Gasteiger partial charge is 0.339 e. The van der Waals surface area contributed by atoms with Crippen LogP contribution in [0.4, 0.5) is 0 Å². The van der Waals surface area contributed by atoms with E-state index in [1.807, 2.05) is 30.1 Å². The SMILES string of the molecule is CN(CCN1CCCCC1)C(=O)[C@H]1CC[C@@]2(CC1)OC(=O)c1cc(OC3CCNCC3)ccc12. The van der Waals surface area contributed by atoms with Gasteiger partial charge in [0.15, 0.2) is 0 Å². The van der Waals surface area contributed by atoms with E-state index in [-0.39, 0.29) is 23.9 Å². The maximum Gasteiger partial charge on any atom is 0.339 e. The Kier molecular flexibility index (Phi) is 7.11. The van der Waals surface area contributed by atoms with Gasteiger partial charge in [-0.15, -0.1) is 0 Å². The van der Waals surface area contributed by atoms with Crippen LogP contribution in [0.25, 0.3) is 0 Å². The molecule has 186 valence electrons. The van der Waals surface area contributed by atoms with Gasteiger partial charge in [-0.3, -0.25) is 4.79 Å². The molecule has 0 unspecified atom stereocenters. The Morgan fingerprint density at radius 3 is 2.62 bits per heavy atom.